The second kappa shape index (κ2) is 5.77. The van der Waals surface area contributed by atoms with Crippen molar-refractivity contribution >= 4 is 5.71 Å². The monoisotopic (exact) mass is 233 g/mol. The molecule has 0 aromatic carbocycles. The fraction of sp³-hybridized carbons (Fsp3) is 0.538. The highest BCUT2D eigenvalue weighted by molar-refractivity contribution is 5.86. The smallest absolute Gasteiger partial charge is 0.0624 e. The first kappa shape index (κ1) is 12.0. The van der Waals surface area contributed by atoms with Crippen LogP contribution in [0.1, 0.15) is 18.9 Å². The minimum absolute atomic E-state index is 0.367. The van der Waals surface area contributed by atoms with Crippen molar-refractivity contribution in [3.63, 3.8) is 0 Å². The van der Waals surface area contributed by atoms with Gasteiger partial charge in [0.25, 0.3) is 0 Å². The molecule has 1 aromatic rings. The van der Waals surface area contributed by atoms with Gasteiger partial charge in [0.1, 0.15) is 0 Å². The van der Waals surface area contributed by atoms with Gasteiger partial charge in [-0.25, -0.2) is 0 Å². The average Bonchev–Trinajstić information content (AvgIpc) is 2.38. The molecule has 1 aliphatic heterocycles. The van der Waals surface area contributed by atoms with Crippen molar-refractivity contribution in [3.05, 3.63) is 30.1 Å². The number of hydrogen-bond donors (Lipinski definition) is 1. The molecule has 0 amide bonds. The summed E-state index contributed by atoms with van der Waals surface area (Å²) < 4.78 is 0. The van der Waals surface area contributed by atoms with Gasteiger partial charge < -0.3 is 10.1 Å². The minimum Gasteiger partial charge on any atom is -0.411 e. The van der Waals surface area contributed by atoms with Gasteiger partial charge >= 0.3 is 0 Å². The van der Waals surface area contributed by atoms with Gasteiger partial charge in [0.05, 0.1) is 5.71 Å². The summed E-state index contributed by atoms with van der Waals surface area (Å²) in [5.74, 6) is 0.367. The van der Waals surface area contributed by atoms with E-state index < -0.39 is 0 Å². The lowest BCUT2D eigenvalue weighted by Crippen LogP contribution is -2.40. The number of rotatable bonds is 3. The van der Waals surface area contributed by atoms with Crippen LogP contribution in [0.25, 0.3) is 0 Å². The summed E-state index contributed by atoms with van der Waals surface area (Å²) in [4.78, 5) is 6.45. The molecule has 1 aromatic heterocycles. The Morgan fingerprint density at radius 3 is 2.88 bits per heavy atom. The number of hydrogen-bond acceptors (Lipinski definition) is 4. The van der Waals surface area contributed by atoms with E-state index in [0.717, 1.165) is 38.2 Å². The largest absolute Gasteiger partial charge is 0.411 e. The number of nitrogens with zero attached hydrogens (tertiary/aromatic N) is 3. The summed E-state index contributed by atoms with van der Waals surface area (Å²) in [6.45, 7) is 5.17. The summed E-state index contributed by atoms with van der Waals surface area (Å²) in [6, 6.07) is 4.13. The van der Waals surface area contributed by atoms with Gasteiger partial charge in [-0.2, -0.15) is 0 Å². The van der Waals surface area contributed by atoms with Crippen LogP contribution in [-0.2, 0) is 6.42 Å². The standard InChI is InChI=1S/C13H19N3O/c1-11-10-16(9-5-13(11)15-17)8-4-12-2-6-14-7-3-12/h2-3,6-7,11,17H,4-5,8-10H2,1H3/b15-13+. The molecule has 0 saturated carbocycles. The van der Waals surface area contributed by atoms with Crippen molar-refractivity contribution in [2.75, 3.05) is 19.6 Å². The first-order valence-electron chi connectivity index (χ1n) is 6.11. The summed E-state index contributed by atoms with van der Waals surface area (Å²) in [7, 11) is 0. The molecule has 1 fully saturated rings. The topological polar surface area (TPSA) is 48.7 Å². The molecular formula is C13H19N3O. The molecule has 2 rings (SSSR count). The Kier molecular flexibility index (Phi) is 4.09. The number of oxime groups is 1. The molecule has 2 heterocycles. The quantitative estimate of drug-likeness (QED) is 0.639. The number of likely N-dealkylation sites (tertiary alicyclic amines) is 1. The van der Waals surface area contributed by atoms with Crippen LogP contribution in [0.5, 0.6) is 0 Å². The molecule has 0 radical (unpaired) electrons. The molecule has 0 aliphatic carbocycles. The molecular weight excluding hydrogens is 214 g/mol. The van der Waals surface area contributed by atoms with Crippen molar-refractivity contribution < 1.29 is 5.21 Å². The fourth-order valence-corrected chi connectivity index (χ4v) is 2.29. The Hall–Kier alpha value is -1.42. The summed E-state index contributed by atoms with van der Waals surface area (Å²) in [5.41, 5.74) is 2.26. The van der Waals surface area contributed by atoms with Gasteiger partial charge in [-0.05, 0) is 24.1 Å². The van der Waals surface area contributed by atoms with E-state index in [-0.39, 0.29) is 0 Å². The van der Waals surface area contributed by atoms with E-state index in [1.165, 1.54) is 5.56 Å². The predicted molar refractivity (Wildman–Crippen MR) is 67.4 cm³/mol. The van der Waals surface area contributed by atoms with Crippen molar-refractivity contribution in [2.45, 2.75) is 19.8 Å². The van der Waals surface area contributed by atoms with E-state index >= 15 is 0 Å². The van der Waals surface area contributed by atoms with Crippen molar-refractivity contribution in [3.8, 4) is 0 Å². The molecule has 1 N–H and O–H groups in total. The second-order valence-corrected chi connectivity index (χ2v) is 4.65. The maximum Gasteiger partial charge on any atom is 0.0624 e. The van der Waals surface area contributed by atoms with E-state index in [9.17, 15) is 0 Å². The molecule has 1 atom stereocenters. The van der Waals surface area contributed by atoms with E-state index in [0.29, 0.717) is 5.92 Å². The second-order valence-electron chi connectivity index (χ2n) is 4.65. The van der Waals surface area contributed by atoms with Crippen LogP contribution in [0, 0.1) is 5.92 Å². The first-order valence-corrected chi connectivity index (χ1v) is 6.11. The molecule has 0 spiro atoms. The predicted octanol–water partition coefficient (Wildman–Crippen LogP) is 1.80. The summed E-state index contributed by atoms with van der Waals surface area (Å²) in [5, 5.41) is 12.2. The summed E-state index contributed by atoms with van der Waals surface area (Å²) >= 11 is 0. The third-order valence-corrected chi connectivity index (χ3v) is 3.38. The average molecular weight is 233 g/mol. The number of piperidine rings is 1. The SMILES string of the molecule is CC1CN(CCc2ccncc2)CC/C1=N\O. The maximum atomic E-state index is 8.82. The van der Waals surface area contributed by atoms with Crippen LogP contribution in [-0.4, -0.2) is 40.4 Å². The molecule has 17 heavy (non-hydrogen) atoms. The van der Waals surface area contributed by atoms with Crippen molar-refractivity contribution in [1.82, 2.24) is 9.88 Å². The lowest BCUT2D eigenvalue weighted by molar-refractivity contribution is 0.238. The molecule has 1 saturated heterocycles. The van der Waals surface area contributed by atoms with E-state index in [2.05, 4.69) is 34.1 Å². The molecule has 1 aliphatic rings. The Morgan fingerprint density at radius 2 is 2.24 bits per heavy atom. The van der Waals surface area contributed by atoms with Crippen LogP contribution >= 0.6 is 0 Å². The highest BCUT2D eigenvalue weighted by atomic mass is 16.4. The Labute approximate surface area is 102 Å². The van der Waals surface area contributed by atoms with E-state index in [1.807, 2.05) is 12.4 Å². The number of aromatic nitrogens is 1. The van der Waals surface area contributed by atoms with Crippen LogP contribution in [0.15, 0.2) is 29.7 Å². The van der Waals surface area contributed by atoms with Gasteiger partial charge in [-0.1, -0.05) is 12.1 Å². The first-order chi connectivity index (χ1) is 8.29. The zero-order valence-corrected chi connectivity index (χ0v) is 10.2. The Morgan fingerprint density at radius 1 is 1.47 bits per heavy atom. The van der Waals surface area contributed by atoms with Crippen LogP contribution in [0.2, 0.25) is 0 Å². The van der Waals surface area contributed by atoms with Gasteiger partial charge in [-0.15, -0.1) is 0 Å². The van der Waals surface area contributed by atoms with Crippen LogP contribution < -0.4 is 0 Å². The highest BCUT2D eigenvalue weighted by Crippen LogP contribution is 2.14. The van der Waals surface area contributed by atoms with Gasteiger partial charge in [0.15, 0.2) is 0 Å². The van der Waals surface area contributed by atoms with Gasteiger partial charge in [0.2, 0.25) is 0 Å². The molecule has 4 heteroatoms. The lowest BCUT2D eigenvalue weighted by Gasteiger charge is -2.31. The zero-order chi connectivity index (χ0) is 12.1. The van der Waals surface area contributed by atoms with Gasteiger partial charge in [-0.3, -0.25) is 4.98 Å². The molecule has 1 unspecified atom stereocenters. The highest BCUT2D eigenvalue weighted by Gasteiger charge is 2.21. The Balaban J connectivity index is 1.82. The third kappa shape index (κ3) is 3.27. The normalized spacial score (nSPS) is 24.1. The third-order valence-electron chi connectivity index (χ3n) is 3.38. The van der Waals surface area contributed by atoms with Crippen molar-refractivity contribution in [2.24, 2.45) is 11.1 Å². The summed E-state index contributed by atoms with van der Waals surface area (Å²) in [6.07, 6.45) is 5.62. The van der Waals surface area contributed by atoms with E-state index in [1.54, 1.807) is 0 Å². The zero-order valence-electron chi connectivity index (χ0n) is 10.2. The van der Waals surface area contributed by atoms with Crippen LogP contribution in [0.4, 0.5) is 0 Å². The minimum atomic E-state index is 0.367. The lowest BCUT2D eigenvalue weighted by atomic mass is 9.97. The molecule has 4 nitrogen and oxygen atoms in total. The van der Waals surface area contributed by atoms with Crippen molar-refractivity contribution in [1.29, 1.82) is 0 Å². The molecule has 0 bridgehead atoms. The number of pyridine rings is 1. The Bertz CT molecular complexity index is 378. The van der Waals surface area contributed by atoms with Gasteiger partial charge in [0, 0.05) is 44.4 Å². The van der Waals surface area contributed by atoms with Crippen LogP contribution in [0.3, 0.4) is 0 Å². The van der Waals surface area contributed by atoms with E-state index in [4.69, 9.17) is 5.21 Å². The fourth-order valence-electron chi connectivity index (χ4n) is 2.29. The molecule has 92 valence electrons. The maximum absolute atomic E-state index is 8.82.